The Labute approximate surface area is 251 Å². The normalized spacial score (nSPS) is 12.1. The molecule has 234 valence electrons. The van der Waals surface area contributed by atoms with Gasteiger partial charge in [0.15, 0.2) is 0 Å². The molecule has 0 atom stereocenters. The van der Waals surface area contributed by atoms with E-state index in [9.17, 15) is 4.79 Å². The number of rotatable bonds is 31. The van der Waals surface area contributed by atoms with Crippen molar-refractivity contribution in [2.75, 3.05) is 6.61 Å². The van der Waals surface area contributed by atoms with Crippen LogP contribution in [0.5, 0.6) is 0 Å². The van der Waals surface area contributed by atoms with Gasteiger partial charge in [-0.05, 0) is 44.4 Å². The third-order valence-electron chi connectivity index (χ3n) is 7.66. The number of hydrogen-bond acceptors (Lipinski definition) is 2. The lowest BCUT2D eigenvalue weighted by molar-refractivity contribution is -0.143. The third kappa shape index (κ3) is 34.7. The van der Waals surface area contributed by atoms with Gasteiger partial charge in [0.2, 0.25) is 0 Å². The van der Waals surface area contributed by atoms with E-state index in [0.29, 0.717) is 18.9 Å². The number of hydrogen-bond donors (Lipinski definition) is 0. The average molecular weight is 559 g/mol. The van der Waals surface area contributed by atoms with Gasteiger partial charge in [-0.15, -0.1) is 0 Å². The van der Waals surface area contributed by atoms with E-state index in [0.717, 1.165) is 32.1 Å². The quantitative estimate of drug-likeness (QED) is 0.0480. The van der Waals surface area contributed by atoms with E-state index in [2.05, 4.69) is 57.2 Å². The highest BCUT2D eigenvalue weighted by Crippen LogP contribution is 2.14. The predicted octanol–water partition coefficient (Wildman–Crippen LogP) is 13.0. The maximum Gasteiger partial charge on any atom is 0.305 e. The zero-order valence-electron chi connectivity index (χ0n) is 27.4. The fourth-order valence-corrected chi connectivity index (χ4v) is 5.06. The van der Waals surface area contributed by atoms with E-state index in [-0.39, 0.29) is 5.97 Å². The minimum absolute atomic E-state index is 0.00665. The Bertz CT molecular complexity index is 586. The number of carbonyl (C=O) groups is 1. The summed E-state index contributed by atoms with van der Waals surface area (Å²) in [6.07, 6.45) is 46.7. The second-order valence-electron chi connectivity index (χ2n) is 12.3. The molecule has 0 aromatic heterocycles. The van der Waals surface area contributed by atoms with Gasteiger partial charge >= 0.3 is 5.97 Å². The second kappa shape index (κ2) is 33.9. The van der Waals surface area contributed by atoms with Crippen LogP contribution >= 0.6 is 0 Å². The van der Waals surface area contributed by atoms with Crippen molar-refractivity contribution < 1.29 is 9.53 Å². The SMILES string of the molecule is CCCCCCCCCCCCCCCCCCCOC(=O)CCCCCCC/C=C\C/C=C\C/C=C\C(C)C. The van der Waals surface area contributed by atoms with Crippen LogP contribution in [0.4, 0.5) is 0 Å². The van der Waals surface area contributed by atoms with Crippen LogP contribution < -0.4 is 0 Å². The second-order valence-corrected chi connectivity index (χ2v) is 12.3. The number of allylic oxidation sites excluding steroid dienone is 6. The van der Waals surface area contributed by atoms with E-state index in [1.807, 2.05) is 0 Å². The lowest BCUT2D eigenvalue weighted by Gasteiger charge is -2.05. The summed E-state index contributed by atoms with van der Waals surface area (Å²) in [4.78, 5) is 11.9. The molecule has 0 aromatic rings. The first-order valence-corrected chi connectivity index (χ1v) is 17.8. The first kappa shape index (κ1) is 38.7. The van der Waals surface area contributed by atoms with Gasteiger partial charge in [-0.2, -0.15) is 0 Å². The average Bonchev–Trinajstić information content (AvgIpc) is 2.94. The predicted molar refractivity (Wildman–Crippen MR) is 179 cm³/mol. The van der Waals surface area contributed by atoms with Crippen LogP contribution in [0, 0.1) is 5.92 Å². The summed E-state index contributed by atoms with van der Waals surface area (Å²) in [5.74, 6) is 0.651. The summed E-state index contributed by atoms with van der Waals surface area (Å²) in [6.45, 7) is 7.33. The Morgan fingerprint density at radius 3 is 1.48 bits per heavy atom. The number of ether oxygens (including phenoxy) is 1. The van der Waals surface area contributed by atoms with Crippen molar-refractivity contribution in [1.82, 2.24) is 0 Å². The van der Waals surface area contributed by atoms with Gasteiger partial charge < -0.3 is 4.74 Å². The van der Waals surface area contributed by atoms with Gasteiger partial charge in [-0.3, -0.25) is 4.79 Å². The Hall–Kier alpha value is -1.31. The molecular formula is C38H70O2. The van der Waals surface area contributed by atoms with E-state index >= 15 is 0 Å². The van der Waals surface area contributed by atoms with Gasteiger partial charge in [0, 0.05) is 6.42 Å². The Morgan fingerprint density at radius 1 is 0.525 bits per heavy atom. The number of carbonyl (C=O) groups excluding carboxylic acids is 1. The Balaban J connectivity index is 3.25. The molecule has 40 heavy (non-hydrogen) atoms. The smallest absolute Gasteiger partial charge is 0.305 e. The van der Waals surface area contributed by atoms with Crippen LogP contribution in [0.15, 0.2) is 36.5 Å². The molecule has 0 aliphatic heterocycles. The van der Waals surface area contributed by atoms with Crippen molar-refractivity contribution in [2.24, 2.45) is 5.92 Å². The zero-order valence-corrected chi connectivity index (χ0v) is 27.4. The van der Waals surface area contributed by atoms with Crippen LogP contribution in [0.2, 0.25) is 0 Å². The molecule has 0 spiro atoms. The van der Waals surface area contributed by atoms with E-state index < -0.39 is 0 Å². The molecule has 0 bridgehead atoms. The van der Waals surface area contributed by atoms with Crippen LogP contribution in [-0.2, 0) is 9.53 Å². The molecule has 0 amide bonds. The fraction of sp³-hybridized carbons (Fsp3) is 0.816. The molecular weight excluding hydrogens is 488 g/mol. The minimum atomic E-state index is 0.00665. The molecule has 0 saturated carbocycles. The van der Waals surface area contributed by atoms with Crippen molar-refractivity contribution in [3.8, 4) is 0 Å². The van der Waals surface area contributed by atoms with Gasteiger partial charge in [-0.25, -0.2) is 0 Å². The highest BCUT2D eigenvalue weighted by molar-refractivity contribution is 5.69. The summed E-state index contributed by atoms with van der Waals surface area (Å²) in [5, 5.41) is 0. The third-order valence-corrected chi connectivity index (χ3v) is 7.66. The lowest BCUT2D eigenvalue weighted by Crippen LogP contribution is -2.05. The highest BCUT2D eigenvalue weighted by Gasteiger charge is 2.02. The van der Waals surface area contributed by atoms with Crippen LogP contribution in [0.25, 0.3) is 0 Å². The molecule has 0 rings (SSSR count). The van der Waals surface area contributed by atoms with Crippen LogP contribution in [-0.4, -0.2) is 12.6 Å². The molecule has 0 aliphatic carbocycles. The summed E-state index contributed by atoms with van der Waals surface area (Å²) < 4.78 is 5.43. The molecule has 0 fully saturated rings. The molecule has 2 nitrogen and oxygen atoms in total. The summed E-state index contributed by atoms with van der Waals surface area (Å²) in [7, 11) is 0. The van der Waals surface area contributed by atoms with E-state index in [1.165, 1.54) is 128 Å². The summed E-state index contributed by atoms with van der Waals surface area (Å²) in [5.41, 5.74) is 0. The molecule has 0 radical (unpaired) electrons. The van der Waals surface area contributed by atoms with Crippen molar-refractivity contribution in [3.63, 3.8) is 0 Å². The van der Waals surface area contributed by atoms with Crippen molar-refractivity contribution in [3.05, 3.63) is 36.5 Å². The number of esters is 1. The molecule has 0 aliphatic rings. The molecule has 0 aromatic carbocycles. The van der Waals surface area contributed by atoms with Gasteiger partial charge in [-0.1, -0.05) is 179 Å². The Kier molecular flexibility index (Phi) is 32.8. The minimum Gasteiger partial charge on any atom is -0.466 e. The van der Waals surface area contributed by atoms with Crippen molar-refractivity contribution >= 4 is 5.97 Å². The summed E-state index contributed by atoms with van der Waals surface area (Å²) >= 11 is 0. The topological polar surface area (TPSA) is 26.3 Å². The van der Waals surface area contributed by atoms with Crippen molar-refractivity contribution in [1.29, 1.82) is 0 Å². The zero-order chi connectivity index (χ0) is 29.2. The maximum absolute atomic E-state index is 11.9. The first-order chi connectivity index (χ1) is 19.7. The van der Waals surface area contributed by atoms with E-state index in [4.69, 9.17) is 4.74 Å². The van der Waals surface area contributed by atoms with E-state index in [1.54, 1.807) is 0 Å². The van der Waals surface area contributed by atoms with Gasteiger partial charge in [0.1, 0.15) is 0 Å². The monoisotopic (exact) mass is 559 g/mol. The fourth-order valence-electron chi connectivity index (χ4n) is 5.06. The molecule has 0 N–H and O–H groups in total. The van der Waals surface area contributed by atoms with Crippen LogP contribution in [0.3, 0.4) is 0 Å². The maximum atomic E-state index is 11.9. The largest absolute Gasteiger partial charge is 0.466 e. The first-order valence-electron chi connectivity index (χ1n) is 17.8. The molecule has 2 heteroatoms. The number of unbranched alkanes of at least 4 members (excludes halogenated alkanes) is 21. The van der Waals surface area contributed by atoms with Crippen molar-refractivity contribution in [2.45, 2.75) is 188 Å². The highest BCUT2D eigenvalue weighted by atomic mass is 16.5. The standard InChI is InChI=1S/C38H70O2/c1-4-5-6-7-8-9-10-11-12-13-14-18-21-24-27-30-33-36-40-38(39)35-32-29-26-23-20-17-15-16-19-22-25-28-31-34-37(2)3/h15-16,22,25,31,34,37H,4-14,17-21,23-24,26-30,32-33,35-36H2,1-3H3/b16-15-,25-22-,34-31-. The molecule has 0 saturated heterocycles. The lowest BCUT2D eigenvalue weighted by atomic mass is 10.0. The van der Waals surface area contributed by atoms with Gasteiger partial charge in [0.05, 0.1) is 6.61 Å². The molecule has 0 unspecified atom stereocenters. The summed E-state index contributed by atoms with van der Waals surface area (Å²) in [6, 6.07) is 0. The molecule has 0 heterocycles. The van der Waals surface area contributed by atoms with Crippen LogP contribution in [0.1, 0.15) is 188 Å². The van der Waals surface area contributed by atoms with Gasteiger partial charge in [0.25, 0.3) is 0 Å². The Morgan fingerprint density at radius 2 is 0.950 bits per heavy atom.